The number of halogens is 2. The molecule has 178 valence electrons. The van der Waals surface area contributed by atoms with Crippen molar-refractivity contribution in [2.24, 2.45) is 0 Å². The van der Waals surface area contributed by atoms with Gasteiger partial charge in [0, 0.05) is 6.04 Å². The summed E-state index contributed by atoms with van der Waals surface area (Å²) in [5.74, 6) is -0.997. The zero-order valence-corrected chi connectivity index (χ0v) is 18.8. The van der Waals surface area contributed by atoms with E-state index in [-0.39, 0.29) is 41.2 Å². The molecule has 0 spiro atoms. The van der Waals surface area contributed by atoms with Gasteiger partial charge in [-0.05, 0) is 44.0 Å². The van der Waals surface area contributed by atoms with Crippen LogP contribution in [0.1, 0.15) is 39.0 Å². The van der Waals surface area contributed by atoms with Crippen LogP contribution in [0.4, 0.5) is 38.0 Å². The maximum Gasteiger partial charge on any atom is 0.242 e. The smallest absolute Gasteiger partial charge is 0.242 e. The second kappa shape index (κ2) is 10.9. The monoisotopic (exact) mass is 467 g/mol. The van der Waals surface area contributed by atoms with Gasteiger partial charge in [-0.3, -0.25) is 4.79 Å². The van der Waals surface area contributed by atoms with E-state index in [2.05, 4.69) is 36.2 Å². The largest absolute Gasteiger partial charge is 0.352 e. The van der Waals surface area contributed by atoms with Crippen molar-refractivity contribution >= 4 is 35.1 Å². The van der Waals surface area contributed by atoms with Crippen LogP contribution in [-0.2, 0) is 4.79 Å². The number of nitrogens with one attached hydrogen (secondary N) is 4. The highest BCUT2D eigenvalue weighted by Gasteiger charge is 2.21. The number of carbonyl (C=O) groups excluding carboxylic acids is 1. The van der Waals surface area contributed by atoms with Crippen LogP contribution in [0.5, 0.6) is 0 Å². The van der Waals surface area contributed by atoms with Crippen molar-refractivity contribution in [1.82, 2.24) is 20.3 Å². The Labute approximate surface area is 196 Å². The van der Waals surface area contributed by atoms with Gasteiger partial charge >= 0.3 is 0 Å². The zero-order chi connectivity index (χ0) is 23.9. The lowest BCUT2D eigenvalue weighted by molar-refractivity contribution is -0.122. The Hall–Kier alpha value is -3.82. The summed E-state index contributed by atoms with van der Waals surface area (Å²) in [6.07, 6.45) is 5.35. The van der Waals surface area contributed by atoms with Crippen molar-refractivity contribution in [1.29, 1.82) is 0 Å². The molecule has 1 aliphatic rings. The van der Waals surface area contributed by atoms with Gasteiger partial charge in [0.25, 0.3) is 0 Å². The standard InChI is InChI=1S/C24H27F2N7O/c1-15(21(34)28-16-9-3-2-4-10-16)27-22-31-23(29-19-13-7-5-11-17(19)25)33-24(32-22)30-20-14-8-6-12-18(20)26/h5-8,11-16H,2-4,9-10H2,1H3,(H,28,34)(H3,27,29,30,31,32,33)/t15-/m1/s1. The third kappa shape index (κ3) is 6.15. The summed E-state index contributed by atoms with van der Waals surface area (Å²) in [6, 6.07) is 11.7. The molecule has 1 aliphatic carbocycles. The molecule has 4 N–H and O–H groups in total. The third-order valence-electron chi connectivity index (χ3n) is 5.57. The highest BCUT2D eigenvalue weighted by atomic mass is 19.1. The summed E-state index contributed by atoms with van der Waals surface area (Å²) < 4.78 is 28.3. The summed E-state index contributed by atoms with van der Waals surface area (Å²) in [5.41, 5.74) is 0.333. The molecule has 1 atom stereocenters. The van der Waals surface area contributed by atoms with Crippen LogP contribution >= 0.6 is 0 Å². The van der Waals surface area contributed by atoms with Crippen molar-refractivity contribution in [3.05, 3.63) is 60.2 Å². The fourth-order valence-electron chi connectivity index (χ4n) is 3.75. The molecular formula is C24H27F2N7O. The van der Waals surface area contributed by atoms with E-state index in [9.17, 15) is 13.6 Å². The van der Waals surface area contributed by atoms with E-state index in [0.29, 0.717) is 0 Å². The average molecular weight is 468 g/mol. The summed E-state index contributed by atoms with van der Waals surface area (Å²) in [4.78, 5) is 25.5. The molecule has 8 nitrogen and oxygen atoms in total. The highest BCUT2D eigenvalue weighted by molar-refractivity contribution is 5.84. The molecule has 4 rings (SSSR count). The van der Waals surface area contributed by atoms with Crippen molar-refractivity contribution in [3.63, 3.8) is 0 Å². The number of hydrogen-bond donors (Lipinski definition) is 4. The lowest BCUT2D eigenvalue weighted by atomic mass is 9.95. The minimum absolute atomic E-state index is 0.0290. The Kier molecular flexibility index (Phi) is 7.46. The summed E-state index contributed by atoms with van der Waals surface area (Å²) >= 11 is 0. The fourth-order valence-corrected chi connectivity index (χ4v) is 3.75. The van der Waals surface area contributed by atoms with Crippen LogP contribution in [-0.4, -0.2) is 32.9 Å². The molecule has 0 aliphatic heterocycles. The Morgan fingerprint density at radius 3 is 1.85 bits per heavy atom. The number of aromatic nitrogens is 3. The van der Waals surface area contributed by atoms with Crippen molar-refractivity contribution in [3.8, 4) is 0 Å². The Morgan fingerprint density at radius 1 is 0.824 bits per heavy atom. The molecule has 0 saturated heterocycles. The number of carbonyl (C=O) groups is 1. The van der Waals surface area contributed by atoms with Gasteiger partial charge in [0.1, 0.15) is 17.7 Å². The van der Waals surface area contributed by atoms with Gasteiger partial charge in [-0.25, -0.2) is 8.78 Å². The molecule has 0 unspecified atom stereocenters. The number of anilines is 5. The summed E-state index contributed by atoms with van der Waals surface area (Å²) in [5, 5.41) is 11.7. The Bertz CT molecular complexity index is 1070. The third-order valence-corrected chi connectivity index (χ3v) is 5.57. The van der Waals surface area contributed by atoms with Crippen molar-refractivity contribution < 1.29 is 13.6 Å². The lowest BCUT2D eigenvalue weighted by Gasteiger charge is -2.24. The van der Waals surface area contributed by atoms with E-state index in [4.69, 9.17) is 0 Å². The maximum atomic E-state index is 14.1. The number of benzene rings is 2. The van der Waals surface area contributed by atoms with Crippen molar-refractivity contribution in [2.75, 3.05) is 16.0 Å². The average Bonchev–Trinajstić information content (AvgIpc) is 2.82. The first kappa shape index (κ1) is 23.3. The quantitative estimate of drug-likeness (QED) is 0.374. The predicted molar refractivity (Wildman–Crippen MR) is 127 cm³/mol. The minimum Gasteiger partial charge on any atom is -0.352 e. The van der Waals surface area contributed by atoms with Crippen LogP contribution < -0.4 is 21.3 Å². The van der Waals surface area contributed by atoms with E-state index >= 15 is 0 Å². The molecule has 0 bridgehead atoms. The molecule has 1 amide bonds. The van der Waals surface area contributed by atoms with E-state index in [1.807, 2.05) is 0 Å². The highest BCUT2D eigenvalue weighted by Crippen LogP contribution is 2.22. The predicted octanol–water partition coefficient (Wildman–Crippen LogP) is 4.89. The Balaban J connectivity index is 1.55. The van der Waals surface area contributed by atoms with Crippen molar-refractivity contribution in [2.45, 2.75) is 51.1 Å². The second-order valence-electron chi connectivity index (χ2n) is 8.23. The minimum atomic E-state index is -0.632. The van der Waals surface area contributed by atoms with E-state index in [0.717, 1.165) is 25.7 Å². The molecule has 1 saturated carbocycles. The SMILES string of the molecule is C[C@@H](Nc1nc(Nc2ccccc2F)nc(Nc2ccccc2F)n1)C(=O)NC1CCCCC1. The summed E-state index contributed by atoms with van der Waals surface area (Å²) in [7, 11) is 0. The first-order valence-electron chi connectivity index (χ1n) is 11.3. The van der Waals surface area contributed by atoms with E-state index in [1.165, 1.54) is 30.7 Å². The number of hydrogen-bond acceptors (Lipinski definition) is 7. The molecule has 2 aromatic carbocycles. The van der Waals surface area contributed by atoms with E-state index in [1.54, 1.807) is 31.2 Å². The Morgan fingerprint density at radius 2 is 1.32 bits per heavy atom. The summed E-state index contributed by atoms with van der Waals surface area (Å²) in [6.45, 7) is 1.70. The number of amides is 1. The van der Waals surface area contributed by atoms with Crippen LogP contribution in [0.15, 0.2) is 48.5 Å². The van der Waals surface area contributed by atoms with Crippen LogP contribution in [0.25, 0.3) is 0 Å². The lowest BCUT2D eigenvalue weighted by Crippen LogP contribution is -2.44. The number of rotatable bonds is 8. The van der Waals surface area contributed by atoms with Crippen LogP contribution in [0, 0.1) is 11.6 Å². The topological polar surface area (TPSA) is 104 Å². The van der Waals surface area contributed by atoms with Gasteiger partial charge in [-0.2, -0.15) is 15.0 Å². The first-order valence-corrected chi connectivity index (χ1v) is 11.3. The molecule has 10 heteroatoms. The van der Waals surface area contributed by atoms with Gasteiger partial charge in [0.05, 0.1) is 11.4 Å². The first-order chi connectivity index (χ1) is 16.5. The van der Waals surface area contributed by atoms with Gasteiger partial charge in [0.2, 0.25) is 23.8 Å². The normalized spacial score (nSPS) is 14.8. The molecule has 0 radical (unpaired) electrons. The van der Waals surface area contributed by atoms with Gasteiger partial charge in [0.15, 0.2) is 0 Å². The number of nitrogens with zero attached hydrogens (tertiary/aromatic N) is 3. The number of para-hydroxylation sites is 2. The molecule has 1 heterocycles. The van der Waals surface area contributed by atoms with Crippen LogP contribution in [0.2, 0.25) is 0 Å². The molecule has 1 fully saturated rings. The molecule has 3 aromatic rings. The molecule has 1 aromatic heterocycles. The maximum absolute atomic E-state index is 14.1. The fraction of sp³-hybridized carbons (Fsp3) is 0.333. The van der Waals surface area contributed by atoms with Gasteiger partial charge < -0.3 is 21.3 Å². The van der Waals surface area contributed by atoms with Crippen LogP contribution in [0.3, 0.4) is 0 Å². The zero-order valence-electron chi connectivity index (χ0n) is 18.8. The van der Waals surface area contributed by atoms with Gasteiger partial charge in [-0.1, -0.05) is 43.5 Å². The van der Waals surface area contributed by atoms with E-state index < -0.39 is 17.7 Å². The van der Waals surface area contributed by atoms with Gasteiger partial charge in [-0.15, -0.1) is 0 Å². The molecule has 34 heavy (non-hydrogen) atoms. The molecular weight excluding hydrogens is 440 g/mol. The second-order valence-corrected chi connectivity index (χ2v) is 8.23.